The molecule has 3 aromatic rings. The number of imidazole rings is 1. The summed E-state index contributed by atoms with van der Waals surface area (Å²) >= 11 is 1.34. The number of halogens is 3. The summed E-state index contributed by atoms with van der Waals surface area (Å²) in [4.78, 5) is 22.1. The molecule has 2 N–H and O–H groups in total. The predicted molar refractivity (Wildman–Crippen MR) is 99.2 cm³/mol. The van der Waals surface area contributed by atoms with Gasteiger partial charge >= 0.3 is 6.18 Å². The van der Waals surface area contributed by atoms with Gasteiger partial charge in [0.25, 0.3) is 0 Å². The number of alkyl halides is 3. The average molecular weight is 410 g/mol. The number of carbonyl (C=O) groups is 1. The van der Waals surface area contributed by atoms with Crippen molar-refractivity contribution >= 4 is 33.0 Å². The highest BCUT2D eigenvalue weighted by Crippen LogP contribution is 2.35. The van der Waals surface area contributed by atoms with Gasteiger partial charge in [0.15, 0.2) is 0 Å². The van der Waals surface area contributed by atoms with Crippen molar-refractivity contribution in [3.63, 3.8) is 0 Å². The minimum absolute atomic E-state index is 0.222. The summed E-state index contributed by atoms with van der Waals surface area (Å²) in [6.45, 7) is 0. The second-order valence-corrected chi connectivity index (χ2v) is 7.71. The van der Waals surface area contributed by atoms with E-state index in [1.54, 1.807) is 10.7 Å². The fourth-order valence-corrected chi connectivity index (χ4v) is 4.20. The Hall–Kier alpha value is -2.69. The van der Waals surface area contributed by atoms with Crippen LogP contribution < -0.4 is 10.6 Å². The van der Waals surface area contributed by atoms with Gasteiger partial charge in [-0.25, -0.2) is 14.5 Å². The number of rotatable bonds is 3. The number of nitrogens with two attached hydrogens (primary N) is 1. The Morgan fingerprint density at radius 3 is 2.68 bits per heavy atom. The zero-order valence-electron chi connectivity index (χ0n) is 14.9. The lowest BCUT2D eigenvalue weighted by molar-refractivity contribution is -0.137. The molecule has 1 aliphatic rings. The lowest BCUT2D eigenvalue weighted by atomic mass is 9.94. The van der Waals surface area contributed by atoms with E-state index in [9.17, 15) is 18.0 Å². The molecule has 0 radical (unpaired) electrons. The van der Waals surface area contributed by atoms with E-state index in [1.165, 1.54) is 17.5 Å². The zero-order valence-corrected chi connectivity index (χ0v) is 15.7. The van der Waals surface area contributed by atoms with Crippen LogP contribution in [-0.2, 0) is 11.0 Å². The van der Waals surface area contributed by atoms with Crippen LogP contribution in [0, 0.1) is 0 Å². The van der Waals surface area contributed by atoms with Crippen molar-refractivity contribution in [1.82, 2.24) is 19.6 Å². The summed E-state index contributed by atoms with van der Waals surface area (Å²) in [5.74, 6) is -0.274. The van der Waals surface area contributed by atoms with Gasteiger partial charge < -0.3 is 10.6 Å². The quantitative estimate of drug-likeness (QED) is 0.712. The molecule has 0 saturated heterocycles. The predicted octanol–water partition coefficient (Wildman–Crippen LogP) is 3.40. The Balaban J connectivity index is 1.60. The molecule has 7 nitrogen and oxygen atoms in total. The van der Waals surface area contributed by atoms with E-state index in [0.717, 1.165) is 24.0 Å². The average Bonchev–Trinajstić information content (AvgIpc) is 3.20. The molecule has 0 atom stereocenters. The van der Waals surface area contributed by atoms with E-state index >= 15 is 0 Å². The molecule has 0 aromatic carbocycles. The van der Waals surface area contributed by atoms with Crippen molar-refractivity contribution in [2.24, 2.45) is 0 Å². The highest BCUT2D eigenvalue weighted by Gasteiger charge is 2.34. The van der Waals surface area contributed by atoms with Crippen LogP contribution in [0.2, 0.25) is 0 Å². The number of hydrogen-bond donors (Lipinski definition) is 1. The highest BCUT2D eigenvalue weighted by atomic mass is 32.1. The molecular formula is C17H17F3N6OS. The van der Waals surface area contributed by atoms with Crippen LogP contribution in [-0.4, -0.2) is 38.5 Å². The van der Waals surface area contributed by atoms with Crippen LogP contribution in [0.5, 0.6) is 0 Å². The van der Waals surface area contributed by atoms with E-state index in [4.69, 9.17) is 5.73 Å². The van der Waals surface area contributed by atoms with Gasteiger partial charge in [-0.15, -0.1) is 5.10 Å². The molecule has 0 spiro atoms. The maximum atomic E-state index is 13.0. The highest BCUT2D eigenvalue weighted by molar-refractivity contribution is 7.20. The van der Waals surface area contributed by atoms with Crippen molar-refractivity contribution in [1.29, 1.82) is 0 Å². The molecule has 3 heterocycles. The molecule has 1 saturated carbocycles. The molecule has 4 rings (SSSR count). The first-order valence-electron chi connectivity index (χ1n) is 8.66. The fraction of sp³-hybridized carbons (Fsp3) is 0.412. The second-order valence-electron chi connectivity index (χ2n) is 6.77. The monoisotopic (exact) mass is 410 g/mol. The molecule has 11 heteroatoms. The molecule has 0 amide bonds. The van der Waals surface area contributed by atoms with Crippen molar-refractivity contribution < 1.29 is 18.0 Å². The minimum Gasteiger partial charge on any atom is -0.383 e. The standard InChI is InChI=1S/C17H17F3N6OS/c1-25(10-2-4-11(27)5-3-10)16-24-26-8-13(23-15(26)28-16)9-6-12(17(18,19)20)14(21)22-7-9/h6-8,10H,2-5H2,1H3,(H2,21,22). The lowest BCUT2D eigenvalue weighted by Gasteiger charge is -2.29. The number of nitrogen functional groups attached to an aromatic ring is 1. The molecule has 3 aromatic heterocycles. The fourth-order valence-electron chi connectivity index (χ4n) is 3.28. The number of anilines is 2. The maximum Gasteiger partial charge on any atom is 0.419 e. The van der Waals surface area contributed by atoms with Crippen LogP contribution >= 0.6 is 11.3 Å². The van der Waals surface area contributed by atoms with Gasteiger partial charge in [-0.05, 0) is 18.9 Å². The summed E-state index contributed by atoms with van der Waals surface area (Å²) in [5.41, 5.74) is 4.93. The molecule has 0 bridgehead atoms. The van der Waals surface area contributed by atoms with Crippen LogP contribution in [0.15, 0.2) is 18.5 Å². The number of carbonyl (C=O) groups excluding carboxylic acids is 1. The van der Waals surface area contributed by atoms with Crippen molar-refractivity contribution in [2.45, 2.75) is 37.9 Å². The summed E-state index contributed by atoms with van der Waals surface area (Å²) < 4.78 is 40.7. The number of hydrogen-bond acceptors (Lipinski definition) is 7. The van der Waals surface area contributed by atoms with Crippen LogP contribution in [0.4, 0.5) is 24.1 Å². The van der Waals surface area contributed by atoms with Crippen LogP contribution in [0.3, 0.4) is 0 Å². The Labute approximate surface area is 162 Å². The number of fused-ring (bicyclic) bond motifs is 1. The molecular weight excluding hydrogens is 393 g/mol. The number of ketones is 1. The SMILES string of the molecule is CN(c1nn2cc(-c3cnc(N)c(C(F)(F)F)c3)nc2s1)C1CCC(=O)CC1. The normalized spacial score (nSPS) is 16.1. The second kappa shape index (κ2) is 6.73. The van der Waals surface area contributed by atoms with E-state index in [2.05, 4.69) is 15.1 Å². The molecule has 1 fully saturated rings. The van der Waals surface area contributed by atoms with Gasteiger partial charge in [0, 0.05) is 37.7 Å². The number of Topliss-reactive ketones (excluding diaryl/α,β-unsaturated/α-hetero) is 1. The third kappa shape index (κ3) is 3.41. The Kier molecular flexibility index (Phi) is 4.48. The first-order chi connectivity index (χ1) is 13.2. The van der Waals surface area contributed by atoms with E-state index in [1.807, 2.05) is 11.9 Å². The molecule has 148 valence electrons. The zero-order chi connectivity index (χ0) is 20.1. The van der Waals surface area contributed by atoms with Gasteiger partial charge in [0.05, 0.1) is 17.5 Å². The molecule has 28 heavy (non-hydrogen) atoms. The minimum atomic E-state index is -4.58. The third-order valence-corrected chi connectivity index (χ3v) is 5.93. The molecule has 0 unspecified atom stereocenters. The summed E-state index contributed by atoms with van der Waals surface area (Å²) in [5, 5.41) is 5.24. The molecule has 1 aliphatic carbocycles. The largest absolute Gasteiger partial charge is 0.419 e. The first kappa shape index (κ1) is 18.7. The summed E-state index contributed by atoms with van der Waals surface area (Å²) in [6, 6.07) is 1.18. The van der Waals surface area contributed by atoms with Crippen LogP contribution in [0.1, 0.15) is 31.2 Å². The van der Waals surface area contributed by atoms with E-state index < -0.39 is 17.6 Å². The lowest BCUT2D eigenvalue weighted by Crippen LogP contribution is -2.35. The van der Waals surface area contributed by atoms with Crippen molar-refractivity contribution in [3.8, 4) is 11.3 Å². The molecule has 0 aliphatic heterocycles. The Bertz CT molecular complexity index is 1000. The topological polar surface area (TPSA) is 89.4 Å². The van der Waals surface area contributed by atoms with Gasteiger partial charge in [0.1, 0.15) is 11.6 Å². The van der Waals surface area contributed by atoms with Gasteiger partial charge in [0.2, 0.25) is 10.1 Å². The van der Waals surface area contributed by atoms with Gasteiger partial charge in [-0.1, -0.05) is 11.3 Å². The Morgan fingerprint density at radius 2 is 2.04 bits per heavy atom. The van der Waals surface area contributed by atoms with Gasteiger partial charge in [-0.2, -0.15) is 13.2 Å². The summed E-state index contributed by atoms with van der Waals surface area (Å²) in [6.07, 6.45) is 0.990. The van der Waals surface area contributed by atoms with Crippen LogP contribution in [0.25, 0.3) is 16.2 Å². The number of nitrogens with zero attached hydrogens (tertiary/aromatic N) is 5. The van der Waals surface area contributed by atoms with Gasteiger partial charge in [-0.3, -0.25) is 4.79 Å². The maximum absolute atomic E-state index is 13.0. The van der Waals surface area contributed by atoms with Crippen molar-refractivity contribution in [2.75, 3.05) is 17.7 Å². The van der Waals surface area contributed by atoms with E-state index in [0.29, 0.717) is 29.3 Å². The number of aromatic nitrogens is 4. The van der Waals surface area contributed by atoms with Crippen molar-refractivity contribution in [3.05, 3.63) is 24.0 Å². The first-order valence-corrected chi connectivity index (χ1v) is 9.48. The Morgan fingerprint density at radius 1 is 1.32 bits per heavy atom. The number of pyridine rings is 1. The van der Waals surface area contributed by atoms with E-state index in [-0.39, 0.29) is 11.6 Å². The smallest absolute Gasteiger partial charge is 0.383 e. The summed E-state index contributed by atoms with van der Waals surface area (Å²) in [7, 11) is 1.93. The third-order valence-electron chi connectivity index (χ3n) is 4.91.